The predicted octanol–water partition coefficient (Wildman–Crippen LogP) is 3.51. The fourth-order valence-electron chi connectivity index (χ4n) is 1.75. The van der Waals surface area contributed by atoms with Crippen LogP contribution in [0.25, 0.3) is 5.65 Å². The lowest BCUT2D eigenvalue weighted by Crippen LogP contribution is -1.84. The molecule has 3 aromatic heterocycles. The van der Waals surface area contributed by atoms with Crippen molar-refractivity contribution in [2.45, 2.75) is 21.4 Å². The van der Waals surface area contributed by atoms with Gasteiger partial charge in [-0.3, -0.25) is 0 Å². The summed E-state index contributed by atoms with van der Waals surface area (Å²) in [7, 11) is 0. The molecule has 3 heterocycles. The van der Waals surface area contributed by atoms with E-state index in [1.165, 1.54) is 5.56 Å². The largest absolute Gasteiger partial charge is 0.307 e. The first-order valence-corrected chi connectivity index (χ1v) is 8.72. The van der Waals surface area contributed by atoms with E-state index in [-0.39, 0.29) is 0 Å². The zero-order chi connectivity index (χ0) is 13.2. The standard InChI is InChI=1S/C12H12N4S3/c1-8-4-3-5-16-6-9(13-10(8)16)7-18-12-15-14-11(17-2)19-12/h3-6H,7H2,1-2H3. The number of fused-ring (bicyclic) bond motifs is 1. The molecular weight excluding hydrogens is 296 g/mol. The van der Waals surface area contributed by atoms with Gasteiger partial charge in [-0.25, -0.2) is 4.98 Å². The summed E-state index contributed by atoms with van der Waals surface area (Å²) in [4.78, 5) is 4.65. The summed E-state index contributed by atoms with van der Waals surface area (Å²) in [5.74, 6) is 0.824. The van der Waals surface area contributed by atoms with Crippen molar-refractivity contribution < 1.29 is 0 Å². The summed E-state index contributed by atoms with van der Waals surface area (Å²) in [5.41, 5.74) is 3.29. The third-order valence-electron chi connectivity index (χ3n) is 2.63. The van der Waals surface area contributed by atoms with Gasteiger partial charge in [-0.1, -0.05) is 40.9 Å². The second-order valence-corrected chi connectivity index (χ2v) is 7.23. The number of hydrogen-bond acceptors (Lipinski definition) is 6. The van der Waals surface area contributed by atoms with Crippen LogP contribution in [-0.4, -0.2) is 25.8 Å². The Labute approximate surface area is 123 Å². The Hall–Kier alpha value is -1.05. The Morgan fingerprint density at radius 3 is 2.89 bits per heavy atom. The van der Waals surface area contributed by atoms with Crippen LogP contribution >= 0.6 is 34.9 Å². The van der Waals surface area contributed by atoms with Gasteiger partial charge in [-0.05, 0) is 24.8 Å². The van der Waals surface area contributed by atoms with E-state index in [0.29, 0.717) is 0 Å². The molecule has 4 nitrogen and oxygen atoms in total. The molecule has 0 N–H and O–H groups in total. The van der Waals surface area contributed by atoms with Crippen LogP contribution in [0.3, 0.4) is 0 Å². The van der Waals surface area contributed by atoms with Gasteiger partial charge in [0.2, 0.25) is 0 Å². The molecule has 0 saturated carbocycles. The van der Waals surface area contributed by atoms with E-state index < -0.39 is 0 Å². The molecule has 0 atom stereocenters. The first kappa shape index (κ1) is 13.0. The van der Waals surface area contributed by atoms with Gasteiger partial charge in [0.25, 0.3) is 0 Å². The summed E-state index contributed by atoms with van der Waals surface area (Å²) >= 11 is 4.95. The maximum Gasteiger partial charge on any atom is 0.175 e. The molecule has 0 aliphatic heterocycles. The van der Waals surface area contributed by atoms with Crippen molar-refractivity contribution in [2.24, 2.45) is 0 Å². The highest BCUT2D eigenvalue weighted by molar-refractivity contribution is 8.02. The summed E-state index contributed by atoms with van der Waals surface area (Å²) in [5, 5.41) is 8.24. The minimum atomic E-state index is 0.824. The Bertz CT molecular complexity index is 704. The zero-order valence-corrected chi connectivity index (χ0v) is 13.0. The smallest absolute Gasteiger partial charge is 0.175 e. The predicted molar refractivity (Wildman–Crippen MR) is 81.2 cm³/mol. The van der Waals surface area contributed by atoms with Crippen LogP contribution in [0.15, 0.2) is 33.2 Å². The second-order valence-electron chi connectivity index (χ2n) is 3.98. The van der Waals surface area contributed by atoms with E-state index in [4.69, 9.17) is 0 Å². The summed E-state index contributed by atoms with van der Waals surface area (Å²) in [6, 6.07) is 4.12. The van der Waals surface area contributed by atoms with Crippen LogP contribution in [0.4, 0.5) is 0 Å². The number of aryl methyl sites for hydroxylation is 1. The van der Waals surface area contributed by atoms with Crippen LogP contribution in [-0.2, 0) is 5.75 Å². The summed E-state index contributed by atoms with van der Waals surface area (Å²) < 4.78 is 4.07. The average molecular weight is 308 g/mol. The monoisotopic (exact) mass is 308 g/mol. The van der Waals surface area contributed by atoms with Crippen molar-refractivity contribution in [3.63, 3.8) is 0 Å². The van der Waals surface area contributed by atoms with Crippen LogP contribution in [0, 0.1) is 6.92 Å². The van der Waals surface area contributed by atoms with Crippen LogP contribution in [0.2, 0.25) is 0 Å². The molecule has 0 fully saturated rings. The highest BCUT2D eigenvalue weighted by Gasteiger charge is 2.07. The highest BCUT2D eigenvalue weighted by atomic mass is 32.2. The van der Waals surface area contributed by atoms with E-state index in [9.17, 15) is 0 Å². The summed E-state index contributed by atoms with van der Waals surface area (Å²) in [6.45, 7) is 2.08. The summed E-state index contributed by atoms with van der Waals surface area (Å²) in [6.07, 6.45) is 6.12. The van der Waals surface area contributed by atoms with Gasteiger partial charge in [0.15, 0.2) is 8.68 Å². The molecular formula is C12H12N4S3. The number of rotatable bonds is 4. The first-order chi connectivity index (χ1) is 9.26. The first-order valence-electron chi connectivity index (χ1n) is 5.70. The number of thioether (sulfide) groups is 2. The molecule has 0 bridgehead atoms. The number of pyridine rings is 1. The third-order valence-corrected chi connectivity index (χ3v) is 5.70. The topological polar surface area (TPSA) is 43.1 Å². The van der Waals surface area contributed by atoms with Crippen molar-refractivity contribution in [3.05, 3.63) is 35.8 Å². The van der Waals surface area contributed by atoms with Crippen LogP contribution in [0.1, 0.15) is 11.3 Å². The molecule has 98 valence electrons. The molecule has 0 unspecified atom stereocenters. The Morgan fingerprint density at radius 1 is 1.32 bits per heavy atom. The number of imidazole rings is 1. The molecule has 0 saturated heterocycles. The minimum Gasteiger partial charge on any atom is -0.307 e. The van der Waals surface area contributed by atoms with Gasteiger partial charge in [-0.2, -0.15) is 0 Å². The molecule has 3 rings (SSSR count). The molecule has 0 radical (unpaired) electrons. The maximum absolute atomic E-state index is 4.65. The zero-order valence-electron chi connectivity index (χ0n) is 10.5. The Morgan fingerprint density at radius 2 is 2.16 bits per heavy atom. The normalized spacial score (nSPS) is 11.3. The van der Waals surface area contributed by atoms with Crippen molar-refractivity contribution in [3.8, 4) is 0 Å². The number of nitrogens with zero attached hydrogens (tertiary/aromatic N) is 4. The number of aromatic nitrogens is 4. The van der Waals surface area contributed by atoms with Crippen molar-refractivity contribution >= 4 is 40.5 Å². The van der Waals surface area contributed by atoms with Crippen molar-refractivity contribution in [1.29, 1.82) is 0 Å². The molecule has 0 aliphatic carbocycles. The Balaban J connectivity index is 1.76. The highest BCUT2D eigenvalue weighted by Crippen LogP contribution is 2.29. The molecule has 0 aromatic carbocycles. The van der Waals surface area contributed by atoms with Crippen LogP contribution in [0.5, 0.6) is 0 Å². The average Bonchev–Trinajstić information content (AvgIpc) is 3.03. The van der Waals surface area contributed by atoms with Gasteiger partial charge in [0.1, 0.15) is 5.65 Å². The van der Waals surface area contributed by atoms with E-state index in [0.717, 1.165) is 25.8 Å². The lowest BCUT2D eigenvalue weighted by atomic mass is 10.3. The van der Waals surface area contributed by atoms with Gasteiger partial charge in [0, 0.05) is 18.1 Å². The molecule has 0 amide bonds. The lowest BCUT2D eigenvalue weighted by Gasteiger charge is -1.94. The van der Waals surface area contributed by atoms with Gasteiger partial charge in [0.05, 0.1) is 5.69 Å². The number of hydrogen-bond donors (Lipinski definition) is 0. The minimum absolute atomic E-state index is 0.824. The molecule has 7 heteroatoms. The Kier molecular flexibility index (Phi) is 3.76. The van der Waals surface area contributed by atoms with E-state index in [2.05, 4.69) is 38.8 Å². The molecule has 3 aromatic rings. The fraction of sp³-hybridized carbons (Fsp3) is 0.250. The quantitative estimate of drug-likeness (QED) is 0.690. The van der Waals surface area contributed by atoms with Gasteiger partial charge < -0.3 is 4.40 Å². The lowest BCUT2D eigenvalue weighted by molar-refractivity contribution is 0.955. The molecule has 0 spiro atoms. The van der Waals surface area contributed by atoms with Gasteiger partial charge in [-0.15, -0.1) is 10.2 Å². The second kappa shape index (κ2) is 5.52. The third kappa shape index (κ3) is 2.77. The van der Waals surface area contributed by atoms with E-state index in [1.54, 1.807) is 34.9 Å². The van der Waals surface area contributed by atoms with Gasteiger partial charge >= 0.3 is 0 Å². The van der Waals surface area contributed by atoms with Crippen molar-refractivity contribution in [2.75, 3.05) is 6.26 Å². The maximum atomic E-state index is 4.65. The van der Waals surface area contributed by atoms with Crippen molar-refractivity contribution in [1.82, 2.24) is 19.6 Å². The van der Waals surface area contributed by atoms with E-state index in [1.807, 2.05) is 18.5 Å². The fourth-order valence-corrected chi connectivity index (χ4v) is 4.07. The van der Waals surface area contributed by atoms with Crippen LogP contribution < -0.4 is 0 Å². The molecule has 0 aliphatic rings. The van der Waals surface area contributed by atoms with E-state index >= 15 is 0 Å². The molecule has 19 heavy (non-hydrogen) atoms. The SMILES string of the molecule is CSc1nnc(SCc2cn3cccc(C)c3n2)s1.